The van der Waals surface area contributed by atoms with Crippen LogP contribution < -0.4 is 5.46 Å². The summed E-state index contributed by atoms with van der Waals surface area (Å²) < 4.78 is 11.7. The molecule has 4 heteroatoms. The highest BCUT2D eigenvalue weighted by Gasteiger charge is 2.51. The molecule has 0 unspecified atom stereocenters. The van der Waals surface area contributed by atoms with Crippen molar-refractivity contribution in [3.63, 3.8) is 0 Å². The Kier molecular flexibility index (Phi) is 2.52. The van der Waals surface area contributed by atoms with Crippen LogP contribution in [0.4, 0.5) is 0 Å². The second-order valence-electron chi connectivity index (χ2n) is 5.16. The molecule has 0 saturated carbocycles. The molecule has 0 spiro atoms. The van der Waals surface area contributed by atoms with Gasteiger partial charge in [0.1, 0.15) is 0 Å². The van der Waals surface area contributed by atoms with Gasteiger partial charge in [0.05, 0.1) is 11.2 Å². The molecular formula is C12H16BO3. The van der Waals surface area contributed by atoms with E-state index in [0.717, 1.165) is 5.46 Å². The van der Waals surface area contributed by atoms with Crippen molar-refractivity contribution >= 4 is 12.6 Å². The Bertz CT molecular complexity index is 368. The van der Waals surface area contributed by atoms with Gasteiger partial charge in [-0.1, -0.05) is 12.1 Å². The molecule has 0 N–H and O–H groups in total. The minimum Gasteiger partial charge on any atom is -0.399 e. The van der Waals surface area contributed by atoms with Crippen molar-refractivity contribution in [3.05, 3.63) is 24.3 Å². The van der Waals surface area contributed by atoms with Crippen molar-refractivity contribution < 1.29 is 14.4 Å². The number of hydrogen-bond acceptors (Lipinski definition) is 2. The zero-order valence-electron chi connectivity index (χ0n) is 10.1. The Morgan fingerprint density at radius 1 is 0.938 bits per heavy atom. The highest BCUT2D eigenvalue weighted by molar-refractivity contribution is 6.62. The van der Waals surface area contributed by atoms with Crippen molar-refractivity contribution in [3.8, 4) is 5.75 Å². The quantitative estimate of drug-likeness (QED) is 0.678. The maximum atomic E-state index is 11.0. The van der Waals surface area contributed by atoms with Crippen LogP contribution in [-0.2, 0) is 14.4 Å². The highest BCUT2D eigenvalue weighted by Crippen LogP contribution is 2.36. The summed E-state index contributed by atoms with van der Waals surface area (Å²) in [7, 11) is -0.384. The van der Waals surface area contributed by atoms with Crippen LogP contribution in [0.2, 0.25) is 0 Å². The van der Waals surface area contributed by atoms with Crippen molar-refractivity contribution in [2.45, 2.75) is 38.9 Å². The van der Waals surface area contributed by atoms with Crippen LogP contribution in [0.15, 0.2) is 24.3 Å². The van der Waals surface area contributed by atoms with Gasteiger partial charge in [-0.05, 0) is 45.3 Å². The van der Waals surface area contributed by atoms with Gasteiger partial charge in [-0.15, -0.1) is 0 Å². The van der Waals surface area contributed by atoms with Gasteiger partial charge in [0.2, 0.25) is 0 Å². The van der Waals surface area contributed by atoms with Gasteiger partial charge in [0.15, 0.2) is 5.75 Å². The Balaban J connectivity index is 2.23. The molecule has 1 aliphatic rings. The summed E-state index contributed by atoms with van der Waals surface area (Å²) in [6.07, 6.45) is 0. The molecule has 1 aromatic rings. The molecule has 1 saturated heterocycles. The van der Waals surface area contributed by atoms with E-state index in [9.17, 15) is 5.11 Å². The molecule has 16 heavy (non-hydrogen) atoms. The third-order valence-electron chi connectivity index (χ3n) is 3.41. The lowest BCUT2D eigenvalue weighted by Crippen LogP contribution is -2.41. The van der Waals surface area contributed by atoms with Crippen LogP contribution in [0.5, 0.6) is 5.75 Å². The summed E-state index contributed by atoms with van der Waals surface area (Å²) in [5.74, 6) is 0.000248. The van der Waals surface area contributed by atoms with Crippen LogP contribution in [0.25, 0.3) is 0 Å². The molecule has 1 radical (unpaired) electrons. The molecule has 0 bridgehead atoms. The monoisotopic (exact) mass is 219 g/mol. The highest BCUT2D eigenvalue weighted by atomic mass is 16.7. The van der Waals surface area contributed by atoms with Gasteiger partial charge >= 0.3 is 7.12 Å². The molecule has 2 rings (SSSR count). The van der Waals surface area contributed by atoms with E-state index < -0.39 is 0 Å². The molecule has 1 heterocycles. The fraction of sp³-hybridized carbons (Fsp3) is 0.500. The number of benzene rings is 1. The summed E-state index contributed by atoms with van der Waals surface area (Å²) in [6.45, 7) is 8.04. The molecular weight excluding hydrogens is 203 g/mol. The standard InChI is InChI=1S/C12H16BO3/c1-11(2)12(3,4)16-13(15-11)9-5-7-10(14)8-6-9/h5-8H,1-4H3. The van der Waals surface area contributed by atoms with Gasteiger partial charge < -0.3 is 9.31 Å². The molecule has 1 aromatic carbocycles. The van der Waals surface area contributed by atoms with Crippen LogP contribution in [-0.4, -0.2) is 18.3 Å². The van der Waals surface area contributed by atoms with E-state index >= 15 is 0 Å². The minimum atomic E-state index is -0.384. The molecule has 3 nitrogen and oxygen atoms in total. The summed E-state index contributed by atoms with van der Waals surface area (Å²) >= 11 is 0. The Morgan fingerprint density at radius 2 is 1.38 bits per heavy atom. The smallest absolute Gasteiger partial charge is 0.399 e. The van der Waals surface area contributed by atoms with Gasteiger partial charge in [-0.3, -0.25) is 5.11 Å². The molecule has 0 amide bonds. The summed E-state index contributed by atoms with van der Waals surface area (Å²) in [5, 5.41) is 11.0. The predicted octanol–water partition coefficient (Wildman–Crippen LogP) is 2.13. The zero-order valence-corrected chi connectivity index (χ0v) is 10.1. The van der Waals surface area contributed by atoms with Gasteiger partial charge in [-0.2, -0.15) is 0 Å². The first-order valence-corrected chi connectivity index (χ1v) is 5.44. The van der Waals surface area contributed by atoms with E-state index in [1.54, 1.807) is 12.1 Å². The van der Waals surface area contributed by atoms with E-state index in [2.05, 4.69) is 0 Å². The summed E-state index contributed by atoms with van der Waals surface area (Å²) in [6, 6.07) is 6.57. The van der Waals surface area contributed by atoms with E-state index in [1.165, 1.54) is 12.1 Å². The van der Waals surface area contributed by atoms with Crippen molar-refractivity contribution in [2.24, 2.45) is 0 Å². The molecule has 0 aromatic heterocycles. The van der Waals surface area contributed by atoms with E-state index in [-0.39, 0.29) is 24.1 Å². The van der Waals surface area contributed by atoms with Crippen LogP contribution in [0.3, 0.4) is 0 Å². The fourth-order valence-corrected chi connectivity index (χ4v) is 1.60. The predicted molar refractivity (Wildman–Crippen MR) is 62.3 cm³/mol. The minimum absolute atomic E-state index is 0.000248. The van der Waals surface area contributed by atoms with Crippen molar-refractivity contribution in [1.29, 1.82) is 0 Å². The van der Waals surface area contributed by atoms with Crippen LogP contribution in [0.1, 0.15) is 27.7 Å². The normalized spacial score (nSPS) is 22.4. The Labute approximate surface area is 96.5 Å². The Morgan fingerprint density at radius 3 is 1.81 bits per heavy atom. The summed E-state index contributed by atoms with van der Waals surface area (Å²) in [4.78, 5) is 0. The third kappa shape index (κ3) is 1.83. The van der Waals surface area contributed by atoms with E-state index in [1.807, 2.05) is 27.7 Å². The van der Waals surface area contributed by atoms with Crippen LogP contribution in [0, 0.1) is 0 Å². The van der Waals surface area contributed by atoms with Gasteiger partial charge in [0, 0.05) is 0 Å². The number of hydrogen-bond donors (Lipinski definition) is 0. The zero-order chi connectivity index (χ0) is 12.0. The number of rotatable bonds is 1. The third-order valence-corrected chi connectivity index (χ3v) is 3.41. The average molecular weight is 219 g/mol. The largest absolute Gasteiger partial charge is 0.494 e. The maximum absolute atomic E-state index is 11.0. The molecule has 0 aliphatic carbocycles. The van der Waals surface area contributed by atoms with Crippen molar-refractivity contribution in [1.82, 2.24) is 0 Å². The second-order valence-corrected chi connectivity index (χ2v) is 5.16. The lowest BCUT2D eigenvalue weighted by atomic mass is 9.79. The van der Waals surface area contributed by atoms with Gasteiger partial charge in [-0.25, -0.2) is 0 Å². The molecule has 85 valence electrons. The SMILES string of the molecule is CC1(C)OB(c2ccc([O])cc2)OC1(C)C. The summed E-state index contributed by atoms with van der Waals surface area (Å²) in [5.41, 5.74) is 0.208. The molecule has 0 atom stereocenters. The first-order valence-electron chi connectivity index (χ1n) is 5.44. The van der Waals surface area contributed by atoms with E-state index in [4.69, 9.17) is 9.31 Å². The first kappa shape index (κ1) is 11.5. The second kappa shape index (κ2) is 3.50. The topological polar surface area (TPSA) is 38.4 Å². The lowest BCUT2D eigenvalue weighted by molar-refractivity contribution is 0.00578. The van der Waals surface area contributed by atoms with E-state index in [0.29, 0.717) is 0 Å². The van der Waals surface area contributed by atoms with Crippen LogP contribution >= 0.6 is 0 Å². The Hall–Kier alpha value is -0.995. The fourth-order valence-electron chi connectivity index (χ4n) is 1.60. The molecule has 1 fully saturated rings. The van der Waals surface area contributed by atoms with Crippen molar-refractivity contribution in [2.75, 3.05) is 0 Å². The maximum Gasteiger partial charge on any atom is 0.494 e. The lowest BCUT2D eigenvalue weighted by Gasteiger charge is -2.32. The average Bonchev–Trinajstić information content (AvgIpc) is 2.37. The van der Waals surface area contributed by atoms with Gasteiger partial charge in [0.25, 0.3) is 0 Å². The molecule has 1 aliphatic heterocycles. The first-order chi connectivity index (χ1) is 7.32.